The normalized spacial score (nSPS) is 15.1. The molecule has 0 radical (unpaired) electrons. The van der Waals surface area contributed by atoms with E-state index in [1.54, 1.807) is 23.1 Å². The number of thiocarbonyl (C=S) groups is 1. The summed E-state index contributed by atoms with van der Waals surface area (Å²) in [7, 11) is 0. The number of anilines is 1. The molecule has 206 valence electrons. The van der Waals surface area contributed by atoms with Crippen LogP contribution in [0.3, 0.4) is 0 Å². The Labute approximate surface area is 242 Å². The molecule has 2 amide bonds. The number of nitrogens with zero attached hydrogens (tertiary/aromatic N) is 1. The van der Waals surface area contributed by atoms with Gasteiger partial charge in [-0.2, -0.15) is 0 Å². The number of ether oxygens (including phenoxy) is 4. The van der Waals surface area contributed by atoms with Gasteiger partial charge in [-0.25, -0.2) is 0 Å². The fourth-order valence-corrected chi connectivity index (χ4v) is 5.43. The Morgan fingerprint density at radius 3 is 2.55 bits per heavy atom. The van der Waals surface area contributed by atoms with E-state index in [9.17, 15) is 9.59 Å². The molecule has 2 aliphatic rings. The number of thioether (sulfide) groups is 1. The lowest BCUT2D eigenvalue weighted by molar-refractivity contribution is -0.122. The Hall–Kier alpha value is -4.02. The van der Waals surface area contributed by atoms with Crippen molar-refractivity contribution in [1.29, 1.82) is 0 Å². The smallest absolute Gasteiger partial charge is 0.266 e. The number of fused-ring (bicyclic) bond motifs is 1. The van der Waals surface area contributed by atoms with E-state index in [4.69, 9.17) is 31.2 Å². The van der Waals surface area contributed by atoms with Crippen LogP contribution in [0.4, 0.5) is 5.69 Å². The SMILES string of the molecule is CCOc1cc(/C=C2\SC(=S)N(Cc3ccc4c(c3)OCO4)C2=O)ccc1OCC(=O)Nc1ccc(CC)cc1. The van der Waals surface area contributed by atoms with Gasteiger partial charge in [-0.05, 0) is 72.5 Å². The Morgan fingerprint density at radius 1 is 1.00 bits per heavy atom. The van der Waals surface area contributed by atoms with Crippen LogP contribution < -0.4 is 24.3 Å². The van der Waals surface area contributed by atoms with Crippen LogP contribution in [-0.2, 0) is 22.6 Å². The molecule has 0 saturated carbocycles. The van der Waals surface area contributed by atoms with Crippen LogP contribution in [-0.4, -0.2) is 41.0 Å². The topological polar surface area (TPSA) is 86.3 Å². The van der Waals surface area contributed by atoms with E-state index in [2.05, 4.69) is 12.2 Å². The van der Waals surface area contributed by atoms with Crippen molar-refractivity contribution in [3.05, 3.63) is 82.3 Å². The van der Waals surface area contributed by atoms with Gasteiger partial charge in [-0.3, -0.25) is 14.5 Å². The van der Waals surface area contributed by atoms with E-state index in [1.165, 1.54) is 17.3 Å². The summed E-state index contributed by atoms with van der Waals surface area (Å²) in [6, 6.07) is 18.6. The maximum absolute atomic E-state index is 13.2. The summed E-state index contributed by atoms with van der Waals surface area (Å²) in [5.41, 5.74) is 3.55. The summed E-state index contributed by atoms with van der Waals surface area (Å²) in [5.74, 6) is 1.82. The fraction of sp³-hybridized carbons (Fsp3) is 0.233. The summed E-state index contributed by atoms with van der Waals surface area (Å²) in [6.45, 7) is 4.71. The quantitative estimate of drug-likeness (QED) is 0.240. The molecule has 10 heteroatoms. The monoisotopic (exact) mass is 576 g/mol. The second-order valence-corrected chi connectivity index (χ2v) is 10.7. The number of carbonyl (C=O) groups is 2. The zero-order valence-corrected chi connectivity index (χ0v) is 23.7. The van der Waals surface area contributed by atoms with E-state index in [1.807, 2.05) is 55.5 Å². The van der Waals surface area contributed by atoms with E-state index < -0.39 is 0 Å². The van der Waals surface area contributed by atoms with Crippen molar-refractivity contribution < 1.29 is 28.5 Å². The lowest BCUT2D eigenvalue weighted by Gasteiger charge is -2.15. The number of rotatable bonds is 10. The molecule has 0 spiro atoms. The number of hydrogen-bond acceptors (Lipinski definition) is 8. The second kappa shape index (κ2) is 12.4. The summed E-state index contributed by atoms with van der Waals surface area (Å²) in [6.07, 6.45) is 2.71. The second-order valence-electron chi connectivity index (χ2n) is 8.98. The van der Waals surface area contributed by atoms with E-state index in [0.717, 1.165) is 17.5 Å². The van der Waals surface area contributed by atoms with Crippen LogP contribution in [0.5, 0.6) is 23.0 Å². The number of amides is 2. The average molecular weight is 577 g/mol. The molecule has 1 fully saturated rings. The summed E-state index contributed by atoms with van der Waals surface area (Å²) >= 11 is 6.75. The molecule has 5 rings (SSSR count). The van der Waals surface area contributed by atoms with Gasteiger partial charge in [0.25, 0.3) is 11.8 Å². The first kappa shape index (κ1) is 27.5. The van der Waals surface area contributed by atoms with Crippen LogP contribution in [0.15, 0.2) is 65.6 Å². The molecular weight excluding hydrogens is 548 g/mol. The predicted molar refractivity (Wildman–Crippen MR) is 159 cm³/mol. The summed E-state index contributed by atoms with van der Waals surface area (Å²) < 4.78 is 22.8. The molecule has 3 aromatic carbocycles. The van der Waals surface area contributed by atoms with E-state index >= 15 is 0 Å². The van der Waals surface area contributed by atoms with Crippen molar-refractivity contribution in [1.82, 2.24) is 4.90 Å². The molecule has 40 heavy (non-hydrogen) atoms. The molecule has 3 aromatic rings. The largest absolute Gasteiger partial charge is 0.490 e. The minimum Gasteiger partial charge on any atom is -0.490 e. The van der Waals surface area contributed by atoms with Gasteiger partial charge in [0.15, 0.2) is 29.6 Å². The molecule has 2 heterocycles. The summed E-state index contributed by atoms with van der Waals surface area (Å²) in [5, 5.41) is 2.83. The molecule has 8 nitrogen and oxygen atoms in total. The molecular formula is C30H28N2O6S2. The minimum absolute atomic E-state index is 0.172. The molecule has 0 atom stereocenters. The fourth-order valence-electron chi connectivity index (χ4n) is 4.18. The van der Waals surface area contributed by atoms with Gasteiger partial charge >= 0.3 is 0 Å². The zero-order valence-electron chi connectivity index (χ0n) is 22.1. The number of nitrogens with one attached hydrogen (secondary N) is 1. The molecule has 0 bridgehead atoms. The highest BCUT2D eigenvalue weighted by Crippen LogP contribution is 2.37. The van der Waals surface area contributed by atoms with Gasteiger partial charge in [0.1, 0.15) is 4.32 Å². The zero-order chi connectivity index (χ0) is 28.1. The van der Waals surface area contributed by atoms with Gasteiger partial charge < -0.3 is 24.3 Å². The van der Waals surface area contributed by atoms with Crippen molar-refractivity contribution >= 4 is 51.9 Å². The first-order chi connectivity index (χ1) is 19.4. The van der Waals surface area contributed by atoms with Crippen LogP contribution in [0.25, 0.3) is 6.08 Å². The first-order valence-electron chi connectivity index (χ1n) is 12.9. The number of carbonyl (C=O) groups excluding carboxylic acids is 2. The van der Waals surface area contributed by atoms with Gasteiger partial charge in [0, 0.05) is 5.69 Å². The third-order valence-corrected chi connectivity index (χ3v) is 7.60. The van der Waals surface area contributed by atoms with Gasteiger partial charge in [0.05, 0.1) is 18.1 Å². The maximum atomic E-state index is 13.2. The molecule has 0 aromatic heterocycles. The third kappa shape index (κ3) is 6.40. The van der Waals surface area contributed by atoms with Crippen molar-refractivity contribution in [3.8, 4) is 23.0 Å². The van der Waals surface area contributed by atoms with Crippen molar-refractivity contribution in [3.63, 3.8) is 0 Å². The Bertz CT molecular complexity index is 1470. The highest BCUT2D eigenvalue weighted by Gasteiger charge is 2.32. The molecule has 0 aliphatic carbocycles. The number of aryl methyl sites for hydroxylation is 1. The number of hydrogen-bond donors (Lipinski definition) is 1. The average Bonchev–Trinajstić information content (AvgIpc) is 3.53. The van der Waals surface area contributed by atoms with Crippen LogP contribution in [0.2, 0.25) is 0 Å². The van der Waals surface area contributed by atoms with E-state index in [0.29, 0.717) is 51.1 Å². The van der Waals surface area contributed by atoms with Crippen LogP contribution in [0.1, 0.15) is 30.5 Å². The highest BCUT2D eigenvalue weighted by atomic mass is 32.2. The Morgan fingerprint density at radius 2 is 1.77 bits per heavy atom. The molecule has 2 aliphatic heterocycles. The Balaban J connectivity index is 1.24. The van der Waals surface area contributed by atoms with Crippen molar-refractivity contribution in [2.45, 2.75) is 26.8 Å². The lowest BCUT2D eigenvalue weighted by Crippen LogP contribution is -2.27. The van der Waals surface area contributed by atoms with Crippen molar-refractivity contribution in [2.24, 2.45) is 0 Å². The van der Waals surface area contributed by atoms with Gasteiger partial charge in [-0.15, -0.1) is 0 Å². The minimum atomic E-state index is -0.276. The molecule has 1 N–H and O–H groups in total. The van der Waals surface area contributed by atoms with E-state index in [-0.39, 0.29) is 25.2 Å². The van der Waals surface area contributed by atoms with Crippen LogP contribution in [0, 0.1) is 0 Å². The van der Waals surface area contributed by atoms with Gasteiger partial charge in [-0.1, -0.05) is 55.2 Å². The predicted octanol–water partition coefficient (Wildman–Crippen LogP) is 5.80. The third-order valence-electron chi connectivity index (χ3n) is 6.22. The Kier molecular flexibility index (Phi) is 8.57. The number of benzene rings is 3. The molecule has 0 unspecified atom stereocenters. The first-order valence-corrected chi connectivity index (χ1v) is 14.1. The van der Waals surface area contributed by atoms with Gasteiger partial charge in [0.2, 0.25) is 6.79 Å². The van der Waals surface area contributed by atoms with Crippen LogP contribution >= 0.6 is 24.0 Å². The maximum Gasteiger partial charge on any atom is 0.266 e. The highest BCUT2D eigenvalue weighted by molar-refractivity contribution is 8.26. The van der Waals surface area contributed by atoms with Crippen molar-refractivity contribution in [2.75, 3.05) is 25.3 Å². The summed E-state index contributed by atoms with van der Waals surface area (Å²) in [4.78, 5) is 27.7. The molecule has 1 saturated heterocycles. The standard InChI is InChI=1S/C30H28N2O6S2/c1-3-19-5-9-22(10-6-19)31-28(33)17-36-23-11-7-20(13-25(23)35-4-2)15-27-29(34)32(30(39)40-27)16-21-8-12-24-26(14-21)38-18-37-24/h5-15H,3-4,16-18H2,1-2H3,(H,31,33)/b27-15-. The lowest BCUT2D eigenvalue weighted by atomic mass is 10.1.